The van der Waals surface area contributed by atoms with Gasteiger partial charge in [0, 0.05) is 32.9 Å². The number of amides is 2. The summed E-state index contributed by atoms with van der Waals surface area (Å²) in [4.78, 5) is 33.5. The standard InChI is InChI=1S/C21H23ClN4O2/c1-23-19(27)15-7-8-18(24-13-15)25-11-4-9-21(14-25)10-12-26(20(21)28)17-6-3-2-5-16(17)22/h2-3,5-8,13H,4,9-12,14H2,1H3,(H,23,27)/t21-/m1/s1. The number of para-hydroxylation sites is 1. The number of benzene rings is 1. The van der Waals surface area contributed by atoms with Crippen LogP contribution in [-0.4, -0.2) is 43.5 Å². The quantitative estimate of drug-likeness (QED) is 0.862. The van der Waals surface area contributed by atoms with Crippen molar-refractivity contribution in [1.82, 2.24) is 10.3 Å². The molecule has 28 heavy (non-hydrogen) atoms. The maximum atomic E-state index is 13.4. The molecule has 2 amide bonds. The maximum Gasteiger partial charge on any atom is 0.252 e. The molecule has 2 aliphatic rings. The zero-order valence-corrected chi connectivity index (χ0v) is 16.6. The molecule has 1 aromatic carbocycles. The summed E-state index contributed by atoms with van der Waals surface area (Å²) in [6.45, 7) is 2.17. The zero-order valence-electron chi connectivity index (χ0n) is 15.8. The molecule has 1 N–H and O–H groups in total. The van der Waals surface area contributed by atoms with Crippen LogP contribution in [0.15, 0.2) is 42.6 Å². The lowest BCUT2D eigenvalue weighted by molar-refractivity contribution is -0.126. The van der Waals surface area contributed by atoms with Gasteiger partial charge in [0.15, 0.2) is 0 Å². The zero-order chi connectivity index (χ0) is 19.7. The van der Waals surface area contributed by atoms with Gasteiger partial charge in [-0.15, -0.1) is 0 Å². The van der Waals surface area contributed by atoms with E-state index in [-0.39, 0.29) is 11.8 Å². The largest absolute Gasteiger partial charge is 0.356 e. The Balaban J connectivity index is 1.54. The minimum absolute atomic E-state index is 0.146. The summed E-state index contributed by atoms with van der Waals surface area (Å²) in [5, 5.41) is 3.20. The molecule has 2 saturated heterocycles. The highest BCUT2D eigenvalue weighted by Crippen LogP contribution is 2.43. The molecule has 2 aromatic rings. The van der Waals surface area contributed by atoms with E-state index in [1.807, 2.05) is 35.2 Å². The van der Waals surface area contributed by atoms with Crippen molar-refractivity contribution < 1.29 is 9.59 Å². The van der Waals surface area contributed by atoms with Crippen molar-refractivity contribution in [3.63, 3.8) is 0 Å². The molecule has 0 bridgehead atoms. The van der Waals surface area contributed by atoms with Crippen molar-refractivity contribution in [3.05, 3.63) is 53.2 Å². The molecule has 0 aliphatic carbocycles. The molecule has 7 heteroatoms. The molecule has 4 rings (SSSR count). The van der Waals surface area contributed by atoms with Gasteiger partial charge in [-0.3, -0.25) is 9.59 Å². The molecular formula is C21H23ClN4O2. The van der Waals surface area contributed by atoms with E-state index >= 15 is 0 Å². The minimum Gasteiger partial charge on any atom is -0.356 e. The summed E-state index contributed by atoms with van der Waals surface area (Å²) < 4.78 is 0. The van der Waals surface area contributed by atoms with E-state index in [1.54, 1.807) is 19.3 Å². The normalized spacial score (nSPS) is 22.0. The smallest absolute Gasteiger partial charge is 0.252 e. The van der Waals surface area contributed by atoms with Crippen LogP contribution in [0.2, 0.25) is 5.02 Å². The molecule has 0 unspecified atom stereocenters. The van der Waals surface area contributed by atoms with E-state index < -0.39 is 5.41 Å². The third-order valence-corrected chi connectivity index (χ3v) is 6.11. The Morgan fingerprint density at radius 2 is 2.00 bits per heavy atom. The number of hydrogen-bond acceptors (Lipinski definition) is 4. The number of anilines is 2. The molecule has 1 spiro atoms. The number of aromatic nitrogens is 1. The Hall–Kier alpha value is -2.60. The fourth-order valence-electron chi connectivity index (χ4n) is 4.28. The SMILES string of the molecule is CNC(=O)c1ccc(N2CCC[C@@]3(CCN(c4ccccc4Cl)C3=O)C2)nc1. The summed E-state index contributed by atoms with van der Waals surface area (Å²) in [6.07, 6.45) is 4.20. The number of piperidine rings is 1. The average Bonchev–Trinajstić information content (AvgIpc) is 3.03. The van der Waals surface area contributed by atoms with Gasteiger partial charge in [-0.25, -0.2) is 4.98 Å². The van der Waals surface area contributed by atoms with Crippen molar-refractivity contribution in [3.8, 4) is 0 Å². The monoisotopic (exact) mass is 398 g/mol. The molecule has 0 radical (unpaired) electrons. The van der Waals surface area contributed by atoms with Crippen LogP contribution < -0.4 is 15.1 Å². The van der Waals surface area contributed by atoms with Crippen LogP contribution in [0, 0.1) is 5.41 Å². The maximum absolute atomic E-state index is 13.4. The number of pyridine rings is 1. The highest BCUT2D eigenvalue weighted by molar-refractivity contribution is 6.34. The summed E-state index contributed by atoms with van der Waals surface area (Å²) in [7, 11) is 1.60. The fraction of sp³-hybridized carbons (Fsp3) is 0.381. The van der Waals surface area contributed by atoms with E-state index in [2.05, 4.69) is 15.2 Å². The Morgan fingerprint density at radius 3 is 2.71 bits per heavy atom. The van der Waals surface area contributed by atoms with Crippen molar-refractivity contribution >= 4 is 34.9 Å². The van der Waals surface area contributed by atoms with E-state index in [0.717, 1.165) is 37.3 Å². The van der Waals surface area contributed by atoms with Gasteiger partial charge in [0.1, 0.15) is 5.82 Å². The predicted octanol–water partition coefficient (Wildman–Crippen LogP) is 3.12. The Kier molecular flexibility index (Phi) is 4.98. The lowest BCUT2D eigenvalue weighted by Gasteiger charge is -2.39. The van der Waals surface area contributed by atoms with E-state index in [4.69, 9.17) is 11.6 Å². The summed E-state index contributed by atoms with van der Waals surface area (Å²) >= 11 is 6.33. The molecule has 0 saturated carbocycles. The predicted molar refractivity (Wildman–Crippen MR) is 110 cm³/mol. The highest BCUT2D eigenvalue weighted by atomic mass is 35.5. The summed E-state index contributed by atoms with van der Waals surface area (Å²) in [6, 6.07) is 11.1. The first kappa shape index (κ1) is 18.7. The summed E-state index contributed by atoms with van der Waals surface area (Å²) in [5.74, 6) is 0.790. The molecule has 3 heterocycles. The average molecular weight is 399 g/mol. The molecule has 6 nitrogen and oxygen atoms in total. The van der Waals surface area contributed by atoms with Gasteiger partial charge in [0.2, 0.25) is 5.91 Å². The second-order valence-corrected chi connectivity index (χ2v) is 7.86. The van der Waals surface area contributed by atoms with Gasteiger partial charge in [-0.2, -0.15) is 0 Å². The Labute approximate surface area is 169 Å². The first-order valence-electron chi connectivity index (χ1n) is 9.54. The van der Waals surface area contributed by atoms with Gasteiger partial charge >= 0.3 is 0 Å². The van der Waals surface area contributed by atoms with Crippen LogP contribution in [0.3, 0.4) is 0 Å². The molecule has 146 valence electrons. The number of halogens is 1. The third kappa shape index (κ3) is 3.22. The number of hydrogen-bond donors (Lipinski definition) is 1. The van der Waals surface area contributed by atoms with Crippen LogP contribution in [0.4, 0.5) is 11.5 Å². The van der Waals surface area contributed by atoms with Crippen LogP contribution in [-0.2, 0) is 4.79 Å². The van der Waals surface area contributed by atoms with Crippen molar-refractivity contribution in [2.45, 2.75) is 19.3 Å². The second kappa shape index (κ2) is 7.43. The molecule has 2 aliphatic heterocycles. The lowest BCUT2D eigenvalue weighted by atomic mass is 9.78. The molecule has 1 atom stereocenters. The van der Waals surface area contributed by atoms with E-state index in [1.165, 1.54) is 0 Å². The first-order valence-corrected chi connectivity index (χ1v) is 9.91. The molecule has 2 fully saturated rings. The van der Waals surface area contributed by atoms with Crippen molar-refractivity contribution in [1.29, 1.82) is 0 Å². The van der Waals surface area contributed by atoms with E-state index in [0.29, 0.717) is 23.7 Å². The van der Waals surface area contributed by atoms with Crippen molar-refractivity contribution in [2.75, 3.05) is 36.5 Å². The van der Waals surface area contributed by atoms with Crippen molar-refractivity contribution in [2.24, 2.45) is 5.41 Å². The fourth-order valence-corrected chi connectivity index (χ4v) is 4.52. The first-order chi connectivity index (χ1) is 13.5. The minimum atomic E-state index is -0.404. The second-order valence-electron chi connectivity index (χ2n) is 7.45. The Bertz CT molecular complexity index is 902. The number of carbonyl (C=O) groups excluding carboxylic acids is 2. The third-order valence-electron chi connectivity index (χ3n) is 5.79. The number of rotatable bonds is 3. The topological polar surface area (TPSA) is 65.5 Å². The van der Waals surface area contributed by atoms with Crippen LogP contribution in [0.1, 0.15) is 29.6 Å². The highest BCUT2D eigenvalue weighted by Gasteiger charge is 2.49. The lowest BCUT2D eigenvalue weighted by Crippen LogP contribution is -2.48. The van der Waals surface area contributed by atoms with Gasteiger partial charge in [0.25, 0.3) is 5.91 Å². The van der Waals surface area contributed by atoms with Gasteiger partial charge < -0.3 is 15.1 Å². The van der Waals surface area contributed by atoms with Crippen LogP contribution in [0.25, 0.3) is 0 Å². The van der Waals surface area contributed by atoms with Gasteiger partial charge in [-0.1, -0.05) is 23.7 Å². The van der Waals surface area contributed by atoms with Crippen LogP contribution in [0.5, 0.6) is 0 Å². The number of carbonyl (C=O) groups is 2. The number of nitrogens with zero attached hydrogens (tertiary/aromatic N) is 3. The van der Waals surface area contributed by atoms with Gasteiger partial charge in [0.05, 0.1) is 21.7 Å². The summed E-state index contributed by atoms with van der Waals surface area (Å²) in [5.41, 5.74) is 0.912. The molecule has 1 aromatic heterocycles. The van der Waals surface area contributed by atoms with Gasteiger partial charge in [-0.05, 0) is 43.5 Å². The van der Waals surface area contributed by atoms with E-state index in [9.17, 15) is 9.59 Å². The number of nitrogens with one attached hydrogen (secondary N) is 1. The van der Waals surface area contributed by atoms with Crippen LogP contribution >= 0.6 is 11.6 Å². The molecular weight excluding hydrogens is 376 g/mol. The Morgan fingerprint density at radius 1 is 1.18 bits per heavy atom.